The van der Waals surface area contributed by atoms with Crippen molar-refractivity contribution >= 4 is 23.4 Å². The van der Waals surface area contributed by atoms with E-state index in [0.717, 1.165) is 23.9 Å². The van der Waals surface area contributed by atoms with Crippen LogP contribution in [0.3, 0.4) is 0 Å². The van der Waals surface area contributed by atoms with Crippen LogP contribution in [0.5, 0.6) is 5.75 Å². The van der Waals surface area contributed by atoms with Gasteiger partial charge in [0.2, 0.25) is 5.91 Å². The molecule has 0 bridgehead atoms. The van der Waals surface area contributed by atoms with E-state index in [2.05, 4.69) is 15.5 Å². The summed E-state index contributed by atoms with van der Waals surface area (Å²) in [5.41, 5.74) is -0.739. The van der Waals surface area contributed by atoms with E-state index < -0.39 is 17.6 Å². The van der Waals surface area contributed by atoms with E-state index >= 15 is 0 Å². The van der Waals surface area contributed by atoms with Crippen molar-refractivity contribution in [2.75, 3.05) is 11.1 Å². The lowest BCUT2D eigenvalue weighted by Crippen LogP contribution is -2.15. The van der Waals surface area contributed by atoms with E-state index in [1.807, 2.05) is 37.3 Å². The molecule has 0 radical (unpaired) electrons. The van der Waals surface area contributed by atoms with E-state index in [1.54, 1.807) is 11.6 Å². The van der Waals surface area contributed by atoms with Crippen LogP contribution in [0.25, 0.3) is 0 Å². The highest BCUT2D eigenvalue weighted by Gasteiger charge is 2.30. The molecule has 158 valence electrons. The van der Waals surface area contributed by atoms with Crippen molar-refractivity contribution in [1.29, 1.82) is 0 Å². The normalized spacial score (nSPS) is 12.4. The number of halogens is 3. The van der Waals surface area contributed by atoms with Crippen LogP contribution in [0.2, 0.25) is 0 Å². The molecule has 0 aliphatic carbocycles. The number of nitrogens with one attached hydrogen (secondary N) is 1. The molecule has 0 spiro atoms. The second-order valence-corrected chi connectivity index (χ2v) is 7.33. The monoisotopic (exact) mass is 436 g/mol. The first-order chi connectivity index (χ1) is 14.2. The van der Waals surface area contributed by atoms with E-state index in [0.29, 0.717) is 16.7 Å². The summed E-state index contributed by atoms with van der Waals surface area (Å²) in [6.07, 6.45) is -4.83. The number of hydrogen-bond donors (Lipinski definition) is 1. The maximum absolute atomic E-state index is 12.8. The molecule has 0 aliphatic rings. The SMILES string of the molecule is C[C@H](Oc1ccccc1)c1nnc(SCC(=O)Nc2cccc(C(F)(F)F)c2)n1C. The summed E-state index contributed by atoms with van der Waals surface area (Å²) in [4.78, 5) is 12.1. The molecule has 0 saturated carbocycles. The van der Waals surface area contributed by atoms with Crippen molar-refractivity contribution in [1.82, 2.24) is 14.8 Å². The minimum Gasteiger partial charge on any atom is -0.483 e. The topological polar surface area (TPSA) is 69.0 Å². The van der Waals surface area contributed by atoms with Crippen LogP contribution in [0.15, 0.2) is 59.8 Å². The smallest absolute Gasteiger partial charge is 0.416 e. The summed E-state index contributed by atoms with van der Waals surface area (Å²) in [6, 6.07) is 13.8. The quantitative estimate of drug-likeness (QED) is 0.544. The Labute approximate surface area is 175 Å². The molecule has 0 aliphatic heterocycles. The third-order valence-corrected chi connectivity index (χ3v) is 5.11. The predicted octanol–water partition coefficient (Wildman–Crippen LogP) is 4.70. The molecule has 1 heterocycles. The van der Waals surface area contributed by atoms with Gasteiger partial charge >= 0.3 is 6.18 Å². The van der Waals surface area contributed by atoms with E-state index in [9.17, 15) is 18.0 Å². The van der Waals surface area contributed by atoms with Gasteiger partial charge in [-0.05, 0) is 37.3 Å². The third kappa shape index (κ3) is 5.53. The Morgan fingerprint density at radius 3 is 2.60 bits per heavy atom. The largest absolute Gasteiger partial charge is 0.483 e. The van der Waals surface area contributed by atoms with Gasteiger partial charge in [0.1, 0.15) is 5.75 Å². The molecule has 1 atom stereocenters. The van der Waals surface area contributed by atoms with Crippen molar-refractivity contribution < 1.29 is 22.7 Å². The lowest BCUT2D eigenvalue weighted by atomic mass is 10.2. The fourth-order valence-electron chi connectivity index (χ4n) is 2.66. The number of para-hydroxylation sites is 1. The maximum atomic E-state index is 12.8. The number of carbonyl (C=O) groups is 1. The summed E-state index contributed by atoms with van der Waals surface area (Å²) in [6.45, 7) is 1.84. The number of nitrogens with zero attached hydrogens (tertiary/aromatic N) is 3. The zero-order valence-corrected chi connectivity index (χ0v) is 17.0. The van der Waals surface area contributed by atoms with Crippen LogP contribution in [-0.4, -0.2) is 26.4 Å². The summed E-state index contributed by atoms with van der Waals surface area (Å²) in [5, 5.41) is 11.2. The van der Waals surface area contributed by atoms with Gasteiger partial charge in [0, 0.05) is 12.7 Å². The fourth-order valence-corrected chi connectivity index (χ4v) is 3.38. The molecule has 0 unspecified atom stereocenters. The lowest BCUT2D eigenvalue weighted by molar-refractivity contribution is -0.137. The summed E-state index contributed by atoms with van der Waals surface area (Å²) >= 11 is 1.13. The standard InChI is InChI=1S/C20H19F3N4O2S/c1-13(29-16-9-4-3-5-10-16)18-25-26-19(27(18)2)30-12-17(28)24-15-8-6-7-14(11-15)20(21,22)23/h3-11,13H,12H2,1-2H3,(H,24,28)/t13-/m0/s1. The van der Waals surface area contributed by atoms with E-state index in [-0.39, 0.29) is 17.5 Å². The van der Waals surface area contributed by atoms with Gasteiger partial charge in [0.05, 0.1) is 11.3 Å². The minimum absolute atomic E-state index is 0.0316. The summed E-state index contributed by atoms with van der Waals surface area (Å²) in [7, 11) is 1.76. The Balaban J connectivity index is 1.58. The minimum atomic E-state index is -4.47. The number of ether oxygens (including phenoxy) is 1. The maximum Gasteiger partial charge on any atom is 0.416 e. The number of benzene rings is 2. The molecule has 6 nitrogen and oxygen atoms in total. The molecule has 0 saturated heterocycles. The van der Waals surface area contributed by atoms with Gasteiger partial charge in [0.25, 0.3) is 0 Å². The average molecular weight is 436 g/mol. The number of amides is 1. The van der Waals surface area contributed by atoms with Gasteiger partial charge in [-0.1, -0.05) is 36.0 Å². The van der Waals surface area contributed by atoms with Gasteiger partial charge in [-0.2, -0.15) is 13.2 Å². The van der Waals surface area contributed by atoms with Crippen LogP contribution in [-0.2, 0) is 18.0 Å². The predicted molar refractivity (Wildman–Crippen MR) is 107 cm³/mol. The Hall–Kier alpha value is -3.01. The van der Waals surface area contributed by atoms with Gasteiger partial charge in [0.15, 0.2) is 17.1 Å². The highest BCUT2D eigenvalue weighted by Crippen LogP contribution is 2.30. The zero-order valence-electron chi connectivity index (χ0n) is 16.2. The highest BCUT2D eigenvalue weighted by molar-refractivity contribution is 7.99. The van der Waals surface area contributed by atoms with Crippen molar-refractivity contribution in [2.24, 2.45) is 7.05 Å². The van der Waals surface area contributed by atoms with Gasteiger partial charge in [-0.15, -0.1) is 10.2 Å². The van der Waals surface area contributed by atoms with Gasteiger partial charge in [-0.3, -0.25) is 4.79 Å². The molecule has 3 aromatic rings. The van der Waals surface area contributed by atoms with Crippen molar-refractivity contribution in [3.05, 3.63) is 66.0 Å². The molecule has 0 fully saturated rings. The number of thioether (sulfide) groups is 1. The number of alkyl halides is 3. The molecular formula is C20H19F3N4O2S. The van der Waals surface area contributed by atoms with Gasteiger partial charge in [-0.25, -0.2) is 0 Å². The first kappa shape index (κ1) is 21.7. The molecule has 3 rings (SSSR count). The second kappa shape index (κ2) is 9.21. The fraction of sp³-hybridized carbons (Fsp3) is 0.250. The third-order valence-electron chi connectivity index (χ3n) is 4.09. The second-order valence-electron chi connectivity index (χ2n) is 6.39. The van der Waals surface area contributed by atoms with Crippen molar-refractivity contribution in [3.8, 4) is 5.75 Å². The molecule has 30 heavy (non-hydrogen) atoms. The highest BCUT2D eigenvalue weighted by atomic mass is 32.2. The molecule has 1 amide bonds. The first-order valence-electron chi connectivity index (χ1n) is 8.95. The number of carbonyl (C=O) groups excluding carboxylic acids is 1. The molecular weight excluding hydrogens is 417 g/mol. The molecule has 10 heteroatoms. The first-order valence-corrected chi connectivity index (χ1v) is 9.93. The molecule has 2 aromatic carbocycles. The van der Waals surface area contributed by atoms with Crippen molar-refractivity contribution in [2.45, 2.75) is 24.4 Å². The number of hydrogen-bond acceptors (Lipinski definition) is 5. The Morgan fingerprint density at radius 1 is 1.17 bits per heavy atom. The van der Waals surface area contributed by atoms with E-state index in [4.69, 9.17) is 4.74 Å². The van der Waals surface area contributed by atoms with Crippen molar-refractivity contribution in [3.63, 3.8) is 0 Å². The van der Waals surface area contributed by atoms with Crippen LogP contribution in [0, 0.1) is 0 Å². The van der Waals surface area contributed by atoms with E-state index in [1.165, 1.54) is 12.1 Å². The number of anilines is 1. The number of aromatic nitrogens is 3. The van der Waals surface area contributed by atoms with Crippen LogP contribution in [0.1, 0.15) is 24.4 Å². The summed E-state index contributed by atoms with van der Waals surface area (Å²) in [5.74, 6) is 0.802. The summed E-state index contributed by atoms with van der Waals surface area (Å²) < 4.78 is 45.9. The van der Waals surface area contributed by atoms with Crippen LogP contribution in [0.4, 0.5) is 18.9 Å². The molecule has 1 aromatic heterocycles. The Morgan fingerprint density at radius 2 is 1.90 bits per heavy atom. The Bertz CT molecular complexity index is 1010. The zero-order chi connectivity index (χ0) is 21.7. The Kier molecular flexibility index (Phi) is 6.66. The van der Waals surface area contributed by atoms with Gasteiger partial charge < -0.3 is 14.6 Å². The lowest BCUT2D eigenvalue weighted by Gasteiger charge is -2.14. The number of rotatable bonds is 7. The van der Waals surface area contributed by atoms with Crippen LogP contribution >= 0.6 is 11.8 Å². The average Bonchev–Trinajstić information content (AvgIpc) is 3.07. The molecule has 1 N–H and O–H groups in total. The van der Waals surface area contributed by atoms with Crippen LogP contribution < -0.4 is 10.1 Å².